The van der Waals surface area contributed by atoms with Crippen molar-refractivity contribution in [3.8, 4) is 11.5 Å². The topological polar surface area (TPSA) is 140 Å². The van der Waals surface area contributed by atoms with Gasteiger partial charge in [-0.2, -0.15) is 4.31 Å². The summed E-state index contributed by atoms with van der Waals surface area (Å²) in [6, 6.07) is 13.3. The Morgan fingerprint density at radius 3 is 2.28 bits per heavy atom. The number of methoxy groups -OCH3 is 2. The van der Waals surface area contributed by atoms with Crippen LogP contribution in [0.1, 0.15) is 43.4 Å². The normalized spacial score (nSPS) is 15.1. The van der Waals surface area contributed by atoms with Crippen LogP contribution in [0.2, 0.25) is 0 Å². The number of ketones is 1. The minimum absolute atomic E-state index is 0.0106. The molecule has 1 aliphatic heterocycles. The first-order valence-electron chi connectivity index (χ1n) is 13.6. The van der Waals surface area contributed by atoms with E-state index in [1.165, 1.54) is 19.6 Å². The van der Waals surface area contributed by atoms with E-state index in [9.17, 15) is 26.4 Å². The van der Waals surface area contributed by atoms with Crippen LogP contribution in [0.5, 0.6) is 11.5 Å². The van der Waals surface area contributed by atoms with Crippen molar-refractivity contribution in [3.63, 3.8) is 0 Å². The molecule has 0 unspecified atom stereocenters. The van der Waals surface area contributed by atoms with Crippen molar-refractivity contribution in [2.75, 3.05) is 51.1 Å². The predicted molar refractivity (Wildman–Crippen MR) is 164 cm³/mol. The van der Waals surface area contributed by atoms with Crippen molar-refractivity contribution in [1.82, 2.24) is 14.2 Å². The van der Waals surface area contributed by atoms with Crippen LogP contribution in [0, 0.1) is 6.92 Å². The Kier molecular flexibility index (Phi) is 10.6. The summed E-state index contributed by atoms with van der Waals surface area (Å²) in [6.45, 7) is 2.01. The molecule has 3 aromatic rings. The van der Waals surface area contributed by atoms with Crippen LogP contribution in [0.3, 0.4) is 0 Å². The number of sulfonamides is 1. The van der Waals surface area contributed by atoms with Gasteiger partial charge in [0, 0.05) is 36.1 Å². The maximum absolute atomic E-state index is 13.8. The van der Waals surface area contributed by atoms with E-state index in [0.717, 1.165) is 33.2 Å². The van der Waals surface area contributed by atoms with E-state index < -0.39 is 31.4 Å². The van der Waals surface area contributed by atoms with Gasteiger partial charge in [-0.3, -0.25) is 9.59 Å². The van der Waals surface area contributed by atoms with Gasteiger partial charge in [0.25, 0.3) is 5.91 Å². The Morgan fingerprint density at radius 1 is 1.05 bits per heavy atom. The number of nitrogens with zero attached hydrogens (tertiary/aromatic N) is 3. The second-order valence-electron chi connectivity index (χ2n) is 10.2. The first kappa shape index (κ1) is 32.6. The van der Waals surface area contributed by atoms with E-state index in [2.05, 4.69) is 4.98 Å². The summed E-state index contributed by atoms with van der Waals surface area (Å²) in [5, 5.41) is 1.96. The van der Waals surface area contributed by atoms with Gasteiger partial charge in [0.2, 0.25) is 10.0 Å². The highest BCUT2D eigenvalue weighted by Crippen LogP contribution is 2.30. The Bertz CT molecular complexity index is 1630. The molecule has 4 rings (SSSR count). The SMILES string of the molecule is COc1cc(C(=O)N(CCCc2ccccc2)Cc2nc(C(=O)CS(=O)(=O)N3CCS(=O)(=O)CC3)cs2)cc(OC)c1C. The zero-order chi connectivity index (χ0) is 31.2. The molecule has 0 saturated carbocycles. The number of amides is 1. The first-order chi connectivity index (χ1) is 20.4. The van der Waals surface area contributed by atoms with Crippen molar-refractivity contribution in [1.29, 1.82) is 0 Å². The Morgan fingerprint density at radius 2 is 1.67 bits per heavy atom. The summed E-state index contributed by atoms with van der Waals surface area (Å²) >= 11 is 1.16. The highest BCUT2D eigenvalue weighted by molar-refractivity contribution is 7.92. The summed E-state index contributed by atoms with van der Waals surface area (Å²) in [7, 11) is -4.23. The fourth-order valence-electron chi connectivity index (χ4n) is 4.74. The highest BCUT2D eigenvalue weighted by atomic mass is 32.2. The van der Waals surface area contributed by atoms with E-state index in [-0.39, 0.29) is 42.7 Å². The Balaban J connectivity index is 1.50. The van der Waals surface area contributed by atoms with Gasteiger partial charge in [-0.15, -0.1) is 11.3 Å². The van der Waals surface area contributed by atoms with Gasteiger partial charge < -0.3 is 14.4 Å². The molecule has 1 fully saturated rings. The molecular weight excluding hydrogens is 615 g/mol. The number of Topliss-reactive ketones (excluding diaryl/α,β-unsaturated/α-hetero) is 1. The number of aryl methyl sites for hydroxylation is 1. The van der Waals surface area contributed by atoms with Crippen LogP contribution in [0.4, 0.5) is 0 Å². The molecule has 1 aromatic heterocycles. The molecule has 11 nitrogen and oxygen atoms in total. The molecule has 0 radical (unpaired) electrons. The molecular formula is C29H35N3O8S3. The number of ether oxygens (including phenoxy) is 2. The smallest absolute Gasteiger partial charge is 0.254 e. The average molecular weight is 650 g/mol. The van der Waals surface area contributed by atoms with Gasteiger partial charge in [-0.1, -0.05) is 30.3 Å². The maximum Gasteiger partial charge on any atom is 0.254 e. The fraction of sp³-hybridized carbons (Fsp3) is 0.414. The first-order valence-corrected chi connectivity index (χ1v) is 17.9. The number of carbonyl (C=O) groups is 2. The van der Waals surface area contributed by atoms with Crippen LogP contribution < -0.4 is 9.47 Å². The third kappa shape index (κ3) is 8.40. The van der Waals surface area contributed by atoms with E-state index >= 15 is 0 Å². The van der Waals surface area contributed by atoms with Crippen molar-refractivity contribution in [2.45, 2.75) is 26.3 Å². The quantitative estimate of drug-likeness (QED) is 0.256. The van der Waals surface area contributed by atoms with Gasteiger partial charge in [0.15, 0.2) is 15.6 Å². The molecule has 1 amide bonds. The lowest BCUT2D eigenvalue weighted by Gasteiger charge is -2.25. The fourth-order valence-corrected chi connectivity index (χ4v) is 8.39. The standard InChI is InChI=1S/C29H35N3O8S3/c1-21-26(39-2)16-23(17-27(21)40-3)29(34)31(11-7-10-22-8-5-4-6-9-22)18-28-30-24(19-41-28)25(33)20-43(37,38)32-12-14-42(35,36)15-13-32/h4-6,8-9,16-17,19H,7,10-15,18,20H2,1-3H3. The number of aromatic nitrogens is 1. The Labute approximate surface area is 256 Å². The lowest BCUT2D eigenvalue weighted by molar-refractivity contribution is 0.0740. The van der Waals surface area contributed by atoms with E-state index in [4.69, 9.17) is 9.47 Å². The van der Waals surface area contributed by atoms with E-state index in [1.54, 1.807) is 17.0 Å². The van der Waals surface area contributed by atoms with Crippen molar-refractivity contribution < 1.29 is 35.9 Å². The van der Waals surface area contributed by atoms with Crippen LogP contribution in [-0.4, -0.2) is 93.8 Å². The Hall–Kier alpha value is -3.33. The van der Waals surface area contributed by atoms with Crippen LogP contribution in [-0.2, 0) is 32.8 Å². The summed E-state index contributed by atoms with van der Waals surface area (Å²) in [5.41, 5.74) is 2.27. The molecule has 232 valence electrons. The molecule has 0 aliphatic carbocycles. The molecule has 2 aromatic carbocycles. The molecule has 0 atom stereocenters. The number of hydrogen-bond donors (Lipinski definition) is 0. The third-order valence-corrected chi connectivity index (χ3v) is 11.4. The highest BCUT2D eigenvalue weighted by Gasteiger charge is 2.32. The summed E-state index contributed by atoms with van der Waals surface area (Å²) in [6.07, 6.45) is 1.43. The van der Waals surface area contributed by atoms with Crippen LogP contribution >= 0.6 is 11.3 Å². The lowest BCUT2D eigenvalue weighted by atomic mass is 10.1. The minimum atomic E-state index is -4.00. The molecule has 2 heterocycles. The second-order valence-corrected chi connectivity index (χ2v) is 15.4. The molecule has 0 spiro atoms. The van der Waals surface area contributed by atoms with E-state index in [1.807, 2.05) is 37.3 Å². The second kappa shape index (κ2) is 14.0. The molecule has 43 heavy (non-hydrogen) atoms. The zero-order valence-corrected chi connectivity index (χ0v) is 26.8. The zero-order valence-electron chi connectivity index (χ0n) is 24.3. The van der Waals surface area contributed by atoms with Crippen molar-refractivity contribution in [3.05, 3.63) is 75.2 Å². The van der Waals surface area contributed by atoms with Crippen LogP contribution in [0.25, 0.3) is 0 Å². The van der Waals surface area contributed by atoms with Gasteiger partial charge in [-0.25, -0.2) is 21.8 Å². The van der Waals surface area contributed by atoms with Crippen molar-refractivity contribution >= 4 is 42.9 Å². The summed E-state index contributed by atoms with van der Waals surface area (Å²) in [4.78, 5) is 32.7. The largest absolute Gasteiger partial charge is 0.496 e. The minimum Gasteiger partial charge on any atom is -0.496 e. The number of sulfone groups is 1. The summed E-state index contributed by atoms with van der Waals surface area (Å²) in [5.74, 6) is -1.27. The lowest BCUT2D eigenvalue weighted by Crippen LogP contribution is -2.45. The van der Waals surface area contributed by atoms with Gasteiger partial charge >= 0.3 is 0 Å². The molecule has 14 heteroatoms. The number of thiazole rings is 1. The monoisotopic (exact) mass is 649 g/mol. The summed E-state index contributed by atoms with van der Waals surface area (Å²) < 4.78 is 60.9. The maximum atomic E-state index is 13.8. The number of benzene rings is 2. The number of rotatable bonds is 13. The molecule has 1 aliphatic rings. The molecule has 1 saturated heterocycles. The predicted octanol–water partition coefficient (Wildman–Crippen LogP) is 2.99. The van der Waals surface area contributed by atoms with Crippen molar-refractivity contribution in [2.24, 2.45) is 0 Å². The van der Waals surface area contributed by atoms with Gasteiger partial charge in [0.05, 0.1) is 32.3 Å². The molecule has 0 bridgehead atoms. The number of hydrogen-bond acceptors (Lipinski definition) is 10. The van der Waals surface area contributed by atoms with Crippen LogP contribution in [0.15, 0.2) is 47.8 Å². The number of carbonyl (C=O) groups excluding carboxylic acids is 2. The third-order valence-electron chi connectivity index (χ3n) is 7.20. The van der Waals surface area contributed by atoms with Gasteiger partial charge in [0.1, 0.15) is 28.0 Å². The average Bonchev–Trinajstić information content (AvgIpc) is 3.45. The van der Waals surface area contributed by atoms with E-state index in [0.29, 0.717) is 35.0 Å². The molecule has 0 N–H and O–H groups in total. The van der Waals surface area contributed by atoms with Gasteiger partial charge in [-0.05, 0) is 37.5 Å².